The Morgan fingerprint density at radius 3 is 2.64 bits per heavy atom. The summed E-state index contributed by atoms with van der Waals surface area (Å²) in [6.45, 7) is 0.549. The molecule has 1 aliphatic rings. The molecule has 0 atom stereocenters. The smallest absolute Gasteiger partial charge is 0.261 e. The first-order valence-corrected chi connectivity index (χ1v) is 9.24. The summed E-state index contributed by atoms with van der Waals surface area (Å²) in [5.41, 5.74) is 1.60. The molecule has 2 aromatic carbocycles. The molecule has 7 nitrogen and oxygen atoms in total. The Kier molecular flexibility index (Phi) is 4.83. The van der Waals surface area contributed by atoms with E-state index < -0.39 is 0 Å². The van der Waals surface area contributed by atoms with E-state index in [1.54, 1.807) is 47.4 Å². The molecule has 2 heterocycles. The Morgan fingerprint density at radius 2 is 1.93 bits per heavy atom. The highest BCUT2D eigenvalue weighted by Gasteiger charge is 2.21. The van der Waals surface area contributed by atoms with Crippen molar-refractivity contribution in [2.75, 3.05) is 16.8 Å². The van der Waals surface area contributed by atoms with Crippen LogP contribution in [-0.4, -0.2) is 27.9 Å². The van der Waals surface area contributed by atoms with Crippen molar-refractivity contribution in [3.8, 4) is 0 Å². The van der Waals surface area contributed by atoms with E-state index in [2.05, 4.69) is 10.3 Å². The number of fused-ring (bicyclic) bond motifs is 1. The Hall–Kier alpha value is -3.19. The van der Waals surface area contributed by atoms with Crippen LogP contribution in [0.1, 0.15) is 12.8 Å². The molecule has 1 aromatic heterocycles. The van der Waals surface area contributed by atoms with Crippen LogP contribution >= 0.6 is 11.6 Å². The maximum absolute atomic E-state index is 12.5. The summed E-state index contributed by atoms with van der Waals surface area (Å²) >= 11 is 5.95. The molecule has 28 heavy (non-hydrogen) atoms. The molecule has 0 unspecified atom stereocenters. The third-order valence-corrected chi connectivity index (χ3v) is 4.87. The van der Waals surface area contributed by atoms with Crippen LogP contribution in [-0.2, 0) is 16.1 Å². The highest BCUT2D eigenvalue weighted by Crippen LogP contribution is 2.23. The van der Waals surface area contributed by atoms with Gasteiger partial charge in [-0.2, -0.15) is 0 Å². The maximum atomic E-state index is 12.5. The summed E-state index contributed by atoms with van der Waals surface area (Å²) in [5, 5.41) is 3.55. The Labute approximate surface area is 165 Å². The molecule has 1 saturated heterocycles. The SMILES string of the molecule is O=C(Cn1cnc2ccc(Cl)cc2c1=O)Nc1ccc(N2CCCC2=O)cc1. The van der Waals surface area contributed by atoms with Gasteiger partial charge < -0.3 is 10.2 Å². The predicted molar refractivity (Wildman–Crippen MR) is 108 cm³/mol. The zero-order valence-electron chi connectivity index (χ0n) is 14.9. The van der Waals surface area contributed by atoms with Gasteiger partial charge in [-0.1, -0.05) is 11.6 Å². The van der Waals surface area contributed by atoms with Crippen molar-refractivity contribution < 1.29 is 9.59 Å². The molecule has 0 saturated carbocycles. The normalized spacial score (nSPS) is 13.9. The molecule has 1 fully saturated rings. The summed E-state index contributed by atoms with van der Waals surface area (Å²) in [4.78, 5) is 42.6. The van der Waals surface area contributed by atoms with Gasteiger partial charge in [0.15, 0.2) is 0 Å². The molecule has 0 aliphatic carbocycles. The van der Waals surface area contributed by atoms with E-state index in [0.29, 0.717) is 34.6 Å². The standard InChI is InChI=1S/C20H17ClN4O3/c21-13-3-8-17-16(10-13)20(28)24(12-22-17)11-18(26)23-14-4-6-15(7-5-14)25-9-1-2-19(25)27/h3-8,10,12H,1-2,9,11H2,(H,23,26). The molecule has 3 aromatic rings. The molecule has 0 bridgehead atoms. The first kappa shape index (κ1) is 18.2. The molecule has 4 rings (SSSR count). The van der Waals surface area contributed by atoms with Gasteiger partial charge in [-0.15, -0.1) is 0 Å². The first-order chi connectivity index (χ1) is 13.5. The number of carbonyl (C=O) groups excluding carboxylic acids is 2. The van der Waals surface area contributed by atoms with Gasteiger partial charge in [-0.3, -0.25) is 19.0 Å². The minimum atomic E-state index is -0.352. The van der Waals surface area contributed by atoms with Crippen molar-refractivity contribution in [2.45, 2.75) is 19.4 Å². The number of rotatable bonds is 4. The van der Waals surface area contributed by atoms with Gasteiger partial charge in [0.2, 0.25) is 11.8 Å². The number of hydrogen-bond donors (Lipinski definition) is 1. The topological polar surface area (TPSA) is 84.3 Å². The Bertz CT molecular complexity index is 1120. The van der Waals surface area contributed by atoms with Crippen molar-refractivity contribution in [3.63, 3.8) is 0 Å². The van der Waals surface area contributed by atoms with E-state index >= 15 is 0 Å². The third kappa shape index (κ3) is 3.61. The van der Waals surface area contributed by atoms with Gasteiger partial charge in [0, 0.05) is 29.4 Å². The molecule has 2 amide bonds. The molecule has 0 radical (unpaired) electrons. The Morgan fingerprint density at radius 1 is 1.14 bits per heavy atom. The lowest BCUT2D eigenvalue weighted by molar-refractivity contribution is -0.117. The van der Waals surface area contributed by atoms with Crippen LogP contribution in [0.2, 0.25) is 5.02 Å². The third-order valence-electron chi connectivity index (χ3n) is 4.64. The van der Waals surface area contributed by atoms with Crippen molar-refractivity contribution >= 4 is 45.7 Å². The number of aromatic nitrogens is 2. The van der Waals surface area contributed by atoms with Crippen LogP contribution in [0.5, 0.6) is 0 Å². The highest BCUT2D eigenvalue weighted by atomic mass is 35.5. The van der Waals surface area contributed by atoms with Gasteiger partial charge in [0.05, 0.1) is 17.2 Å². The van der Waals surface area contributed by atoms with Crippen molar-refractivity contribution in [3.05, 3.63) is 64.2 Å². The molecule has 142 valence electrons. The maximum Gasteiger partial charge on any atom is 0.261 e. The second-order valence-electron chi connectivity index (χ2n) is 6.58. The minimum absolute atomic E-state index is 0.111. The van der Waals surface area contributed by atoms with Gasteiger partial charge in [0.25, 0.3) is 5.56 Å². The summed E-state index contributed by atoms with van der Waals surface area (Å²) < 4.78 is 1.24. The predicted octanol–water partition coefficient (Wildman–Crippen LogP) is 2.82. The fourth-order valence-corrected chi connectivity index (χ4v) is 3.42. The van der Waals surface area contributed by atoms with Crippen LogP contribution in [0, 0.1) is 0 Å². The molecular formula is C20H17ClN4O3. The van der Waals surface area contributed by atoms with E-state index in [4.69, 9.17) is 11.6 Å². The average molecular weight is 397 g/mol. The van der Waals surface area contributed by atoms with Crippen LogP contribution < -0.4 is 15.8 Å². The van der Waals surface area contributed by atoms with Gasteiger partial charge >= 0.3 is 0 Å². The second kappa shape index (κ2) is 7.44. The second-order valence-corrected chi connectivity index (χ2v) is 7.02. The van der Waals surface area contributed by atoms with Crippen molar-refractivity contribution in [1.82, 2.24) is 9.55 Å². The fourth-order valence-electron chi connectivity index (χ4n) is 3.24. The van der Waals surface area contributed by atoms with Gasteiger partial charge in [-0.05, 0) is 48.9 Å². The monoisotopic (exact) mass is 396 g/mol. The van der Waals surface area contributed by atoms with Crippen LogP contribution in [0.25, 0.3) is 10.9 Å². The fraction of sp³-hybridized carbons (Fsp3) is 0.200. The zero-order valence-corrected chi connectivity index (χ0v) is 15.6. The summed E-state index contributed by atoms with van der Waals surface area (Å²) in [7, 11) is 0. The van der Waals surface area contributed by atoms with Crippen LogP contribution in [0.4, 0.5) is 11.4 Å². The van der Waals surface area contributed by atoms with Gasteiger partial charge in [-0.25, -0.2) is 4.98 Å². The van der Waals surface area contributed by atoms with Crippen LogP contribution in [0.3, 0.4) is 0 Å². The molecular weight excluding hydrogens is 380 g/mol. The van der Waals surface area contributed by atoms with E-state index in [-0.39, 0.29) is 23.9 Å². The number of carbonyl (C=O) groups is 2. The number of amides is 2. The number of nitrogens with one attached hydrogen (secondary N) is 1. The molecule has 8 heteroatoms. The van der Waals surface area contributed by atoms with E-state index in [0.717, 1.165) is 12.1 Å². The Balaban J connectivity index is 1.47. The average Bonchev–Trinajstić information content (AvgIpc) is 3.11. The van der Waals surface area contributed by atoms with Gasteiger partial charge in [0.1, 0.15) is 6.54 Å². The molecule has 1 N–H and O–H groups in total. The van der Waals surface area contributed by atoms with Crippen molar-refractivity contribution in [2.24, 2.45) is 0 Å². The lowest BCUT2D eigenvalue weighted by atomic mass is 10.2. The number of nitrogens with zero attached hydrogens (tertiary/aromatic N) is 3. The summed E-state index contributed by atoms with van der Waals surface area (Å²) in [5.74, 6) is -0.240. The first-order valence-electron chi connectivity index (χ1n) is 8.86. The number of halogens is 1. The molecule has 1 aliphatic heterocycles. The van der Waals surface area contributed by atoms with E-state index in [9.17, 15) is 14.4 Å². The summed E-state index contributed by atoms with van der Waals surface area (Å²) in [6, 6.07) is 11.9. The minimum Gasteiger partial charge on any atom is -0.325 e. The highest BCUT2D eigenvalue weighted by molar-refractivity contribution is 6.31. The lowest BCUT2D eigenvalue weighted by Gasteiger charge is -2.16. The number of benzene rings is 2. The number of hydrogen-bond acceptors (Lipinski definition) is 4. The largest absolute Gasteiger partial charge is 0.325 e. The zero-order chi connectivity index (χ0) is 19.7. The lowest BCUT2D eigenvalue weighted by Crippen LogP contribution is -2.28. The van der Waals surface area contributed by atoms with E-state index in [1.807, 2.05) is 0 Å². The van der Waals surface area contributed by atoms with Crippen LogP contribution in [0.15, 0.2) is 53.6 Å². The quantitative estimate of drug-likeness (QED) is 0.735. The number of anilines is 2. The van der Waals surface area contributed by atoms with Crippen molar-refractivity contribution in [1.29, 1.82) is 0 Å². The summed E-state index contributed by atoms with van der Waals surface area (Å²) in [6.07, 6.45) is 2.77. The van der Waals surface area contributed by atoms with E-state index in [1.165, 1.54) is 10.9 Å². The molecule has 0 spiro atoms.